The molecule has 3 rings (SSSR count). The summed E-state index contributed by atoms with van der Waals surface area (Å²) in [6.07, 6.45) is 1.65. The number of aromatic nitrogens is 2. The lowest BCUT2D eigenvalue weighted by Gasteiger charge is -2.03. The topological polar surface area (TPSA) is 43.8 Å². The highest BCUT2D eigenvalue weighted by molar-refractivity contribution is 6.35. The van der Waals surface area contributed by atoms with E-state index >= 15 is 0 Å². The molecule has 0 bridgehead atoms. The fourth-order valence-corrected chi connectivity index (χ4v) is 2.38. The fraction of sp³-hybridized carbons (Fsp3) is 0. The van der Waals surface area contributed by atoms with Crippen molar-refractivity contribution in [3.63, 3.8) is 0 Å². The summed E-state index contributed by atoms with van der Waals surface area (Å²) in [7, 11) is 0. The van der Waals surface area contributed by atoms with E-state index in [2.05, 4.69) is 5.10 Å². The molecule has 2 N–H and O–H groups in total. The van der Waals surface area contributed by atoms with E-state index in [9.17, 15) is 4.39 Å². The van der Waals surface area contributed by atoms with Crippen LogP contribution in [-0.4, -0.2) is 9.78 Å². The number of hydrogen-bond acceptors (Lipinski definition) is 2. The Morgan fingerprint density at radius 3 is 2.48 bits per heavy atom. The first-order chi connectivity index (χ1) is 10.0. The van der Waals surface area contributed by atoms with Crippen molar-refractivity contribution < 1.29 is 4.39 Å². The third kappa shape index (κ3) is 2.73. The Bertz CT molecular complexity index is 797. The van der Waals surface area contributed by atoms with Crippen LogP contribution >= 0.6 is 23.2 Å². The second-order valence-corrected chi connectivity index (χ2v) is 5.32. The van der Waals surface area contributed by atoms with Crippen molar-refractivity contribution in [3.05, 3.63) is 64.5 Å². The number of nitrogens with two attached hydrogens (primary N) is 1. The van der Waals surface area contributed by atoms with Crippen LogP contribution in [-0.2, 0) is 0 Å². The van der Waals surface area contributed by atoms with Crippen molar-refractivity contribution in [1.29, 1.82) is 0 Å². The van der Waals surface area contributed by atoms with Gasteiger partial charge >= 0.3 is 0 Å². The summed E-state index contributed by atoms with van der Waals surface area (Å²) in [6, 6.07) is 11.0. The van der Waals surface area contributed by atoms with Crippen LogP contribution < -0.4 is 5.73 Å². The van der Waals surface area contributed by atoms with Crippen molar-refractivity contribution in [2.45, 2.75) is 0 Å². The van der Waals surface area contributed by atoms with E-state index in [1.165, 1.54) is 12.1 Å². The number of hydrogen-bond donors (Lipinski definition) is 1. The van der Waals surface area contributed by atoms with Crippen molar-refractivity contribution in [1.82, 2.24) is 9.78 Å². The van der Waals surface area contributed by atoms with Gasteiger partial charge in [-0.3, -0.25) is 0 Å². The quantitative estimate of drug-likeness (QED) is 0.751. The van der Waals surface area contributed by atoms with E-state index in [0.29, 0.717) is 32.7 Å². The Morgan fingerprint density at radius 1 is 1.05 bits per heavy atom. The number of nitrogen functional groups attached to an aromatic ring is 1. The Hall–Kier alpha value is -2.04. The molecule has 1 heterocycles. The number of anilines is 1. The standard InChI is InChI=1S/C15H10Cl2FN3/c16-9-1-6-13(17)12(7-9)15-14(19)8-21(20-15)11-4-2-10(18)3-5-11/h1-8H,19H2. The van der Waals surface area contributed by atoms with Crippen molar-refractivity contribution in [2.24, 2.45) is 0 Å². The lowest BCUT2D eigenvalue weighted by atomic mass is 10.1. The maximum absolute atomic E-state index is 13.0. The molecular weight excluding hydrogens is 312 g/mol. The molecule has 0 spiro atoms. The van der Waals surface area contributed by atoms with Crippen molar-refractivity contribution in [2.75, 3.05) is 5.73 Å². The Labute approximate surface area is 130 Å². The van der Waals surface area contributed by atoms with Crippen LogP contribution in [0.1, 0.15) is 0 Å². The van der Waals surface area contributed by atoms with Gasteiger partial charge in [0, 0.05) is 10.6 Å². The van der Waals surface area contributed by atoms with E-state index in [-0.39, 0.29) is 5.82 Å². The molecule has 2 aromatic carbocycles. The van der Waals surface area contributed by atoms with E-state index in [4.69, 9.17) is 28.9 Å². The zero-order valence-corrected chi connectivity index (χ0v) is 12.2. The molecule has 6 heteroatoms. The molecule has 0 saturated heterocycles. The lowest BCUT2D eigenvalue weighted by molar-refractivity contribution is 0.627. The molecule has 0 aliphatic rings. The largest absolute Gasteiger partial charge is 0.396 e. The molecule has 0 fully saturated rings. The van der Waals surface area contributed by atoms with Gasteiger partial charge in [-0.25, -0.2) is 9.07 Å². The summed E-state index contributed by atoms with van der Waals surface area (Å²) in [6.45, 7) is 0. The zero-order chi connectivity index (χ0) is 15.0. The summed E-state index contributed by atoms with van der Waals surface area (Å²) < 4.78 is 14.5. The van der Waals surface area contributed by atoms with Gasteiger partial charge in [-0.15, -0.1) is 0 Å². The van der Waals surface area contributed by atoms with Crippen LogP contribution in [0.15, 0.2) is 48.7 Å². The Balaban J connectivity index is 2.09. The van der Waals surface area contributed by atoms with Gasteiger partial charge in [0.05, 0.1) is 22.6 Å². The maximum atomic E-state index is 13.0. The smallest absolute Gasteiger partial charge is 0.123 e. The van der Waals surface area contributed by atoms with E-state index in [1.54, 1.807) is 41.2 Å². The van der Waals surface area contributed by atoms with E-state index < -0.39 is 0 Å². The number of halogens is 3. The second kappa shape index (κ2) is 5.39. The van der Waals surface area contributed by atoms with Crippen LogP contribution in [0.3, 0.4) is 0 Å². The summed E-state index contributed by atoms with van der Waals surface area (Å²) in [4.78, 5) is 0. The van der Waals surface area contributed by atoms with Gasteiger partial charge in [0.2, 0.25) is 0 Å². The molecule has 0 aliphatic heterocycles. The van der Waals surface area contributed by atoms with Gasteiger partial charge in [0.15, 0.2) is 0 Å². The average Bonchev–Trinajstić information content (AvgIpc) is 2.84. The minimum Gasteiger partial charge on any atom is -0.396 e. The Morgan fingerprint density at radius 2 is 1.76 bits per heavy atom. The van der Waals surface area contributed by atoms with E-state index in [0.717, 1.165) is 0 Å². The summed E-state index contributed by atoms with van der Waals surface area (Å²) in [5.41, 5.74) is 8.35. The van der Waals surface area contributed by atoms with Crippen LogP contribution in [0.2, 0.25) is 10.0 Å². The van der Waals surface area contributed by atoms with Crippen molar-refractivity contribution in [3.8, 4) is 16.9 Å². The highest BCUT2D eigenvalue weighted by atomic mass is 35.5. The molecular formula is C15H10Cl2FN3. The van der Waals surface area contributed by atoms with Gasteiger partial charge in [-0.05, 0) is 42.5 Å². The van der Waals surface area contributed by atoms with Crippen molar-refractivity contribution >= 4 is 28.9 Å². The number of nitrogens with zero attached hydrogens (tertiary/aromatic N) is 2. The minimum absolute atomic E-state index is 0.308. The van der Waals surface area contributed by atoms with Gasteiger partial charge in [-0.2, -0.15) is 5.10 Å². The predicted octanol–water partition coefficient (Wildman–Crippen LogP) is 4.57. The predicted molar refractivity (Wildman–Crippen MR) is 83.4 cm³/mol. The minimum atomic E-state index is -0.308. The molecule has 3 nitrogen and oxygen atoms in total. The summed E-state index contributed by atoms with van der Waals surface area (Å²) in [5.74, 6) is -0.308. The average molecular weight is 322 g/mol. The summed E-state index contributed by atoms with van der Waals surface area (Å²) >= 11 is 12.2. The molecule has 0 unspecified atom stereocenters. The zero-order valence-electron chi connectivity index (χ0n) is 10.7. The highest BCUT2D eigenvalue weighted by Gasteiger charge is 2.13. The summed E-state index contributed by atoms with van der Waals surface area (Å²) in [5, 5.41) is 5.46. The molecule has 0 aliphatic carbocycles. The highest BCUT2D eigenvalue weighted by Crippen LogP contribution is 2.33. The van der Waals surface area contributed by atoms with Crippen LogP contribution in [0, 0.1) is 5.82 Å². The monoisotopic (exact) mass is 321 g/mol. The number of benzene rings is 2. The molecule has 0 atom stereocenters. The fourth-order valence-electron chi connectivity index (χ4n) is 2.00. The first-order valence-electron chi connectivity index (χ1n) is 6.11. The first kappa shape index (κ1) is 13.9. The third-order valence-corrected chi connectivity index (χ3v) is 3.58. The van der Waals surface area contributed by atoms with Crippen LogP contribution in [0.4, 0.5) is 10.1 Å². The third-order valence-electron chi connectivity index (χ3n) is 3.02. The SMILES string of the molecule is Nc1cn(-c2ccc(F)cc2)nc1-c1cc(Cl)ccc1Cl. The lowest BCUT2D eigenvalue weighted by Crippen LogP contribution is -1.95. The van der Waals surface area contributed by atoms with Gasteiger partial charge < -0.3 is 5.73 Å². The van der Waals surface area contributed by atoms with Gasteiger partial charge in [0.25, 0.3) is 0 Å². The van der Waals surface area contributed by atoms with Gasteiger partial charge in [0.1, 0.15) is 11.5 Å². The van der Waals surface area contributed by atoms with Gasteiger partial charge in [-0.1, -0.05) is 23.2 Å². The molecule has 0 radical (unpaired) electrons. The van der Waals surface area contributed by atoms with Crippen LogP contribution in [0.5, 0.6) is 0 Å². The Kier molecular flexibility index (Phi) is 3.57. The molecule has 3 aromatic rings. The molecule has 0 amide bonds. The number of rotatable bonds is 2. The first-order valence-corrected chi connectivity index (χ1v) is 6.87. The molecule has 21 heavy (non-hydrogen) atoms. The molecule has 106 valence electrons. The molecule has 1 aromatic heterocycles. The van der Waals surface area contributed by atoms with Crippen LogP contribution in [0.25, 0.3) is 16.9 Å². The van der Waals surface area contributed by atoms with E-state index in [1.807, 2.05) is 0 Å². The second-order valence-electron chi connectivity index (χ2n) is 4.48. The normalized spacial score (nSPS) is 10.8. The molecule has 0 saturated carbocycles. The maximum Gasteiger partial charge on any atom is 0.123 e.